The molecule has 1 heterocycles. The van der Waals surface area contributed by atoms with Crippen molar-refractivity contribution in [2.75, 3.05) is 26.6 Å². The van der Waals surface area contributed by atoms with E-state index in [0.717, 1.165) is 0 Å². The number of carbonyl (C=O) groups excluding carboxylic acids is 2. The van der Waals surface area contributed by atoms with Gasteiger partial charge >= 0.3 is 5.97 Å². The Labute approximate surface area is 162 Å². The Morgan fingerprint density at radius 2 is 1.57 bits per heavy atom. The second kappa shape index (κ2) is 8.08. The van der Waals surface area contributed by atoms with Gasteiger partial charge in [0.15, 0.2) is 23.0 Å². The summed E-state index contributed by atoms with van der Waals surface area (Å²) in [7, 11) is 4.16. The molecule has 0 unspecified atom stereocenters. The van der Waals surface area contributed by atoms with E-state index in [0.29, 0.717) is 23.0 Å². The average molecular weight is 387 g/mol. The molecule has 0 aliphatic carbocycles. The summed E-state index contributed by atoms with van der Waals surface area (Å²) in [6.45, 7) is 1.73. The van der Waals surface area contributed by atoms with Crippen molar-refractivity contribution in [1.82, 2.24) is 0 Å². The van der Waals surface area contributed by atoms with Crippen LogP contribution in [0.1, 0.15) is 17.3 Å². The number of anilines is 1. The fraction of sp³-hybridized carbons (Fsp3) is 0.300. The number of nitrogens with one attached hydrogen (secondary N) is 1. The molecule has 0 saturated heterocycles. The smallest absolute Gasteiger partial charge is 0.340 e. The number of ether oxygens (including phenoxy) is 5. The number of amides is 1. The van der Waals surface area contributed by atoms with Crippen molar-refractivity contribution in [3.05, 3.63) is 42.0 Å². The molecule has 0 spiro atoms. The van der Waals surface area contributed by atoms with Crippen LogP contribution in [-0.4, -0.2) is 45.4 Å². The number of methoxy groups -OCH3 is 3. The summed E-state index contributed by atoms with van der Waals surface area (Å²) >= 11 is 0. The molecule has 0 aromatic heterocycles. The van der Waals surface area contributed by atoms with E-state index < -0.39 is 24.1 Å². The molecule has 1 N–H and O–H groups in total. The van der Waals surface area contributed by atoms with Gasteiger partial charge in [-0.1, -0.05) is 12.1 Å². The SMILES string of the molecule is COC(=O)c1cc(OC)c(OC)cc1NC(=O)[C@@H]1Oc2ccccc2O[C@@H]1C. The molecule has 8 heteroatoms. The maximum atomic E-state index is 12.9. The third-order valence-electron chi connectivity index (χ3n) is 4.29. The van der Waals surface area contributed by atoms with Crippen LogP contribution in [0.25, 0.3) is 0 Å². The molecule has 1 aliphatic heterocycles. The molecule has 2 atom stereocenters. The Balaban J connectivity index is 1.90. The molecule has 1 amide bonds. The largest absolute Gasteiger partial charge is 0.493 e. The second-order valence-electron chi connectivity index (χ2n) is 6.04. The van der Waals surface area contributed by atoms with Crippen molar-refractivity contribution in [2.24, 2.45) is 0 Å². The topological polar surface area (TPSA) is 92.3 Å². The van der Waals surface area contributed by atoms with Crippen LogP contribution in [0.15, 0.2) is 36.4 Å². The van der Waals surface area contributed by atoms with Crippen molar-refractivity contribution in [2.45, 2.75) is 19.1 Å². The predicted molar refractivity (Wildman–Crippen MR) is 100 cm³/mol. The number of benzene rings is 2. The minimum absolute atomic E-state index is 0.123. The van der Waals surface area contributed by atoms with Gasteiger partial charge in [-0.3, -0.25) is 4.79 Å². The Morgan fingerprint density at radius 3 is 2.18 bits per heavy atom. The maximum Gasteiger partial charge on any atom is 0.340 e. The van der Waals surface area contributed by atoms with E-state index in [9.17, 15) is 9.59 Å². The molecule has 8 nitrogen and oxygen atoms in total. The lowest BCUT2D eigenvalue weighted by Crippen LogP contribution is -2.46. The standard InChI is InChI=1S/C20H21NO7/c1-11-18(28-15-8-6-5-7-14(15)27-11)19(22)21-13-10-17(25-3)16(24-2)9-12(13)20(23)26-4/h5-11,18H,1-4H3,(H,21,22)/t11-,18-/m1/s1. The number of para-hydroxylation sites is 2. The van der Waals surface area contributed by atoms with Gasteiger partial charge in [-0.2, -0.15) is 0 Å². The summed E-state index contributed by atoms with van der Waals surface area (Å²) in [6, 6.07) is 10.0. The molecule has 0 saturated carbocycles. The first-order valence-electron chi connectivity index (χ1n) is 8.56. The second-order valence-corrected chi connectivity index (χ2v) is 6.04. The van der Waals surface area contributed by atoms with Crippen LogP contribution in [-0.2, 0) is 9.53 Å². The molecule has 2 aromatic rings. The van der Waals surface area contributed by atoms with Crippen LogP contribution in [0, 0.1) is 0 Å². The average Bonchev–Trinajstić information content (AvgIpc) is 2.72. The summed E-state index contributed by atoms with van der Waals surface area (Å²) in [5.74, 6) is 0.626. The molecule has 148 valence electrons. The summed E-state index contributed by atoms with van der Waals surface area (Å²) in [5.41, 5.74) is 0.336. The van der Waals surface area contributed by atoms with Crippen LogP contribution in [0.4, 0.5) is 5.69 Å². The van der Waals surface area contributed by atoms with Crippen LogP contribution in [0.2, 0.25) is 0 Å². The van der Waals surface area contributed by atoms with Crippen molar-refractivity contribution in [1.29, 1.82) is 0 Å². The Morgan fingerprint density at radius 1 is 0.964 bits per heavy atom. The highest BCUT2D eigenvalue weighted by Gasteiger charge is 2.35. The molecule has 1 aliphatic rings. The predicted octanol–water partition coefficient (Wildman–Crippen LogP) is 2.66. The van der Waals surface area contributed by atoms with Crippen molar-refractivity contribution in [3.8, 4) is 23.0 Å². The molecule has 0 fully saturated rings. The quantitative estimate of drug-likeness (QED) is 0.789. The van der Waals surface area contributed by atoms with Crippen LogP contribution < -0.4 is 24.3 Å². The fourth-order valence-corrected chi connectivity index (χ4v) is 2.87. The first-order valence-corrected chi connectivity index (χ1v) is 8.56. The number of rotatable bonds is 5. The van der Waals surface area contributed by atoms with E-state index in [2.05, 4.69) is 5.32 Å². The first kappa shape index (κ1) is 19.3. The summed E-state index contributed by atoms with van der Waals surface area (Å²) in [4.78, 5) is 25.0. The first-order chi connectivity index (χ1) is 13.5. The van der Waals surface area contributed by atoms with Crippen molar-refractivity contribution >= 4 is 17.6 Å². The van der Waals surface area contributed by atoms with E-state index in [1.54, 1.807) is 25.1 Å². The fourth-order valence-electron chi connectivity index (χ4n) is 2.87. The minimum atomic E-state index is -0.909. The van der Waals surface area contributed by atoms with E-state index in [1.807, 2.05) is 6.07 Å². The van der Waals surface area contributed by atoms with Crippen molar-refractivity contribution in [3.63, 3.8) is 0 Å². The number of esters is 1. The molecule has 2 aromatic carbocycles. The normalized spacial score (nSPS) is 17.4. The molecule has 0 bridgehead atoms. The molecular formula is C20H21NO7. The van der Waals surface area contributed by atoms with Gasteiger partial charge < -0.3 is 29.0 Å². The molecular weight excluding hydrogens is 366 g/mol. The number of hydrogen-bond acceptors (Lipinski definition) is 7. The van der Waals surface area contributed by atoms with Gasteiger partial charge in [0.2, 0.25) is 6.10 Å². The zero-order chi connectivity index (χ0) is 20.3. The van der Waals surface area contributed by atoms with Gasteiger partial charge in [0.05, 0.1) is 32.6 Å². The summed E-state index contributed by atoms with van der Waals surface area (Å²) in [6.07, 6.45) is -1.44. The van der Waals surface area contributed by atoms with Gasteiger partial charge in [-0.05, 0) is 19.1 Å². The van der Waals surface area contributed by atoms with Crippen LogP contribution in [0.5, 0.6) is 23.0 Å². The minimum Gasteiger partial charge on any atom is -0.493 e. The van der Waals surface area contributed by atoms with Gasteiger partial charge in [0.25, 0.3) is 5.91 Å². The number of hydrogen-bond donors (Lipinski definition) is 1. The number of fused-ring (bicyclic) bond motifs is 1. The highest BCUT2D eigenvalue weighted by molar-refractivity contribution is 6.03. The zero-order valence-electron chi connectivity index (χ0n) is 16.0. The Kier molecular flexibility index (Phi) is 5.58. The van der Waals surface area contributed by atoms with Gasteiger partial charge in [-0.15, -0.1) is 0 Å². The lowest BCUT2D eigenvalue weighted by Gasteiger charge is -2.31. The van der Waals surface area contributed by atoms with E-state index in [4.69, 9.17) is 23.7 Å². The van der Waals surface area contributed by atoms with Gasteiger partial charge in [0.1, 0.15) is 6.10 Å². The van der Waals surface area contributed by atoms with Gasteiger partial charge in [0, 0.05) is 12.1 Å². The van der Waals surface area contributed by atoms with E-state index >= 15 is 0 Å². The third kappa shape index (κ3) is 3.66. The van der Waals surface area contributed by atoms with Crippen LogP contribution >= 0.6 is 0 Å². The zero-order valence-corrected chi connectivity index (χ0v) is 16.0. The lowest BCUT2D eigenvalue weighted by molar-refractivity contribution is -0.128. The third-order valence-corrected chi connectivity index (χ3v) is 4.29. The van der Waals surface area contributed by atoms with Crippen molar-refractivity contribution < 1.29 is 33.3 Å². The van der Waals surface area contributed by atoms with Crippen LogP contribution in [0.3, 0.4) is 0 Å². The van der Waals surface area contributed by atoms with E-state index in [1.165, 1.54) is 33.5 Å². The summed E-state index contributed by atoms with van der Waals surface area (Å²) < 4.78 is 26.8. The molecule has 0 radical (unpaired) electrons. The molecule has 3 rings (SSSR count). The Hall–Kier alpha value is -3.42. The molecule has 28 heavy (non-hydrogen) atoms. The lowest BCUT2D eigenvalue weighted by atomic mass is 10.1. The highest BCUT2D eigenvalue weighted by atomic mass is 16.6. The monoisotopic (exact) mass is 387 g/mol. The van der Waals surface area contributed by atoms with Gasteiger partial charge in [-0.25, -0.2) is 4.79 Å². The summed E-state index contributed by atoms with van der Waals surface area (Å²) in [5, 5.41) is 2.70. The Bertz CT molecular complexity index is 896. The number of carbonyl (C=O) groups is 2. The highest BCUT2D eigenvalue weighted by Crippen LogP contribution is 2.36. The van der Waals surface area contributed by atoms with E-state index in [-0.39, 0.29) is 11.3 Å². The maximum absolute atomic E-state index is 12.9.